The lowest BCUT2D eigenvalue weighted by atomic mass is 10.1. The fourth-order valence-corrected chi connectivity index (χ4v) is 1.35. The SMILES string of the molecule is CN(CC#N)C(=O)CC(O)c1cccc(F)c1. The Labute approximate surface area is 98.9 Å². The van der Waals surface area contributed by atoms with E-state index < -0.39 is 11.9 Å². The third-order valence-electron chi connectivity index (χ3n) is 2.34. The van der Waals surface area contributed by atoms with Crippen LogP contribution in [0.15, 0.2) is 24.3 Å². The Kier molecular flexibility index (Phi) is 4.61. The summed E-state index contributed by atoms with van der Waals surface area (Å²) >= 11 is 0. The van der Waals surface area contributed by atoms with E-state index in [2.05, 4.69) is 0 Å². The Balaban J connectivity index is 2.64. The number of amides is 1. The highest BCUT2D eigenvalue weighted by atomic mass is 19.1. The molecule has 0 aromatic heterocycles. The number of aliphatic hydroxyl groups excluding tert-OH is 1. The van der Waals surface area contributed by atoms with E-state index in [0.717, 1.165) is 0 Å². The van der Waals surface area contributed by atoms with Crippen LogP contribution in [0.3, 0.4) is 0 Å². The molecule has 0 saturated carbocycles. The van der Waals surface area contributed by atoms with Crippen molar-refractivity contribution in [2.75, 3.05) is 13.6 Å². The topological polar surface area (TPSA) is 64.3 Å². The molecule has 1 N–H and O–H groups in total. The van der Waals surface area contributed by atoms with Gasteiger partial charge in [0.25, 0.3) is 0 Å². The Bertz CT molecular complexity index is 442. The van der Waals surface area contributed by atoms with Gasteiger partial charge in [-0.1, -0.05) is 12.1 Å². The Morgan fingerprint density at radius 2 is 2.35 bits per heavy atom. The van der Waals surface area contributed by atoms with E-state index in [0.29, 0.717) is 5.56 Å². The highest BCUT2D eigenvalue weighted by Crippen LogP contribution is 2.18. The molecule has 1 atom stereocenters. The van der Waals surface area contributed by atoms with Gasteiger partial charge in [0.2, 0.25) is 5.91 Å². The molecule has 17 heavy (non-hydrogen) atoms. The zero-order chi connectivity index (χ0) is 12.8. The minimum Gasteiger partial charge on any atom is -0.388 e. The highest BCUT2D eigenvalue weighted by Gasteiger charge is 2.16. The van der Waals surface area contributed by atoms with Crippen LogP contribution >= 0.6 is 0 Å². The van der Waals surface area contributed by atoms with E-state index in [9.17, 15) is 14.3 Å². The standard InChI is InChI=1S/C12H13FN2O2/c1-15(6-5-14)12(17)8-11(16)9-3-2-4-10(13)7-9/h2-4,7,11,16H,6,8H2,1H3. The molecule has 1 unspecified atom stereocenters. The summed E-state index contributed by atoms with van der Waals surface area (Å²) in [5.41, 5.74) is 0.351. The molecule has 5 heteroatoms. The number of nitriles is 1. The first-order valence-corrected chi connectivity index (χ1v) is 5.09. The number of aliphatic hydroxyl groups is 1. The van der Waals surface area contributed by atoms with Crippen LogP contribution in [0.1, 0.15) is 18.1 Å². The maximum atomic E-state index is 12.9. The number of hydrogen-bond donors (Lipinski definition) is 1. The van der Waals surface area contributed by atoms with Crippen molar-refractivity contribution < 1.29 is 14.3 Å². The van der Waals surface area contributed by atoms with Gasteiger partial charge in [0.1, 0.15) is 12.4 Å². The van der Waals surface area contributed by atoms with Crippen molar-refractivity contribution >= 4 is 5.91 Å². The van der Waals surface area contributed by atoms with Gasteiger partial charge < -0.3 is 10.0 Å². The smallest absolute Gasteiger partial charge is 0.226 e. The molecule has 90 valence electrons. The van der Waals surface area contributed by atoms with E-state index in [-0.39, 0.29) is 18.9 Å². The molecule has 1 aromatic rings. The Morgan fingerprint density at radius 3 is 2.94 bits per heavy atom. The molecule has 0 spiro atoms. The molecule has 1 aromatic carbocycles. The molecule has 0 saturated heterocycles. The van der Waals surface area contributed by atoms with E-state index in [1.54, 1.807) is 6.07 Å². The van der Waals surface area contributed by atoms with Crippen LogP contribution < -0.4 is 0 Å². The summed E-state index contributed by atoms with van der Waals surface area (Å²) in [5.74, 6) is -0.817. The van der Waals surface area contributed by atoms with Crippen molar-refractivity contribution in [3.05, 3.63) is 35.6 Å². The predicted octanol–water partition coefficient (Wildman–Crippen LogP) is 1.23. The second kappa shape index (κ2) is 5.97. The van der Waals surface area contributed by atoms with Gasteiger partial charge in [-0.2, -0.15) is 5.26 Å². The first kappa shape index (κ1) is 13.1. The van der Waals surface area contributed by atoms with Gasteiger partial charge in [0, 0.05) is 7.05 Å². The summed E-state index contributed by atoms with van der Waals surface area (Å²) in [6.45, 7) is -0.0330. The molecule has 1 amide bonds. The number of rotatable bonds is 4. The maximum Gasteiger partial charge on any atom is 0.226 e. The summed E-state index contributed by atoms with van der Waals surface area (Å²) < 4.78 is 12.9. The third-order valence-corrected chi connectivity index (χ3v) is 2.34. The fraction of sp³-hybridized carbons (Fsp3) is 0.333. The Hall–Kier alpha value is -1.93. The number of carbonyl (C=O) groups is 1. The molecular formula is C12H13FN2O2. The molecule has 0 aliphatic heterocycles. The van der Waals surface area contributed by atoms with E-state index in [4.69, 9.17) is 5.26 Å². The average molecular weight is 236 g/mol. The number of nitrogens with zero attached hydrogens (tertiary/aromatic N) is 2. The minimum atomic E-state index is -1.06. The first-order chi connectivity index (χ1) is 8.04. The zero-order valence-corrected chi connectivity index (χ0v) is 9.43. The monoisotopic (exact) mass is 236 g/mol. The quantitative estimate of drug-likeness (QED) is 0.800. The predicted molar refractivity (Wildman–Crippen MR) is 59.2 cm³/mol. The van der Waals surface area contributed by atoms with E-state index in [1.165, 1.54) is 30.1 Å². The van der Waals surface area contributed by atoms with Crippen LogP contribution in [-0.4, -0.2) is 29.5 Å². The van der Waals surface area contributed by atoms with Crippen LogP contribution in [0.4, 0.5) is 4.39 Å². The summed E-state index contributed by atoms with van der Waals surface area (Å²) in [5, 5.41) is 18.2. The van der Waals surface area contributed by atoms with Gasteiger partial charge in [-0.05, 0) is 17.7 Å². The van der Waals surface area contributed by atoms with Crippen LogP contribution in [0, 0.1) is 17.1 Å². The van der Waals surface area contributed by atoms with Crippen molar-refractivity contribution in [2.24, 2.45) is 0 Å². The lowest BCUT2D eigenvalue weighted by molar-refractivity contribution is -0.131. The number of halogens is 1. The van der Waals surface area contributed by atoms with Crippen LogP contribution in [0.25, 0.3) is 0 Å². The highest BCUT2D eigenvalue weighted by molar-refractivity contribution is 5.76. The molecule has 0 bridgehead atoms. The number of hydrogen-bond acceptors (Lipinski definition) is 3. The molecule has 0 fully saturated rings. The van der Waals surface area contributed by atoms with Crippen molar-refractivity contribution in [2.45, 2.75) is 12.5 Å². The number of carbonyl (C=O) groups excluding carboxylic acids is 1. The maximum absolute atomic E-state index is 12.9. The molecule has 0 heterocycles. The van der Waals surface area contributed by atoms with E-state index >= 15 is 0 Å². The van der Waals surface area contributed by atoms with Crippen LogP contribution in [-0.2, 0) is 4.79 Å². The largest absolute Gasteiger partial charge is 0.388 e. The summed E-state index contributed by atoms with van der Waals surface area (Å²) in [6, 6.07) is 7.30. The fourth-order valence-electron chi connectivity index (χ4n) is 1.35. The lowest BCUT2D eigenvalue weighted by Gasteiger charge is -2.16. The zero-order valence-electron chi connectivity index (χ0n) is 9.43. The minimum absolute atomic E-state index is 0.0330. The van der Waals surface area contributed by atoms with Crippen molar-refractivity contribution in [3.8, 4) is 6.07 Å². The first-order valence-electron chi connectivity index (χ1n) is 5.09. The van der Waals surface area contributed by atoms with Gasteiger partial charge in [-0.25, -0.2) is 4.39 Å². The van der Waals surface area contributed by atoms with E-state index in [1.807, 2.05) is 6.07 Å². The van der Waals surface area contributed by atoms with Crippen LogP contribution in [0.2, 0.25) is 0 Å². The average Bonchev–Trinajstić information content (AvgIpc) is 2.29. The lowest BCUT2D eigenvalue weighted by Crippen LogP contribution is -2.28. The van der Waals surface area contributed by atoms with Gasteiger partial charge in [0.05, 0.1) is 18.6 Å². The second-order valence-corrected chi connectivity index (χ2v) is 3.68. The third kappa shape index (κ3) is 3.85. The van der Waals surface area contributed by atoms with Gasteiger partial charge in [0.15, 0.2) is 0 Å². The van der Waals surface area contributed by atoms with Crippen LogP contribution in [0.5, 0.6) is 0 Å². The van der Waals surface area contributed by atoms with Crippen molar-refractivity contribution in [1.82, 2.24) is 4.90 Å². The molecule has 0 radical (unpaired) electrons. The van der Waals surface area contributed by atoms with Crippen molar-refractivity contribution in [1.29, 1.82) is 5.26 Å². The summed E-state index contributed by atoms with van der Waals surface area (Å²) in [7, 11) is 1.48. The molecule has 4 nitrogen and oxygen atoms in total. The second-order valence-electron chi connectivity index (χ2n) is 3.68. The number of benzene rings is 1. The molecular weight excluding hydrogens is 223 g/mol. The summed E-state index contributed by atoms with van der Waals surface area (Å²) in [4.78, 5) is 12.7. The van der Waals surface area contributed by atoms with Crippen molar-refractivity contribution in [3.63, 3.8) is 0 Å². The molecule has 1 rings (SSSR count). The Morgan fingerprint density at radius 1 is 1.65 bits per heavy atom. The molecule has 0 aliphatic rings. The van der Waals surface area contributed by atoms with Gasteiger partial charge >= 0.3 is 0 Å². The normalized spacial score (nSPS) is 11.6. The summed E-state index contributed by atoms with van der Waals surface area (Å²) in [6.07, 6.45) is -1.22. The van der Waals surface area contributed by atoms with Gasteiger partial charge in [-0.3, -0.25) is 4.79 Å². The molecule has 0 aliphatic carbocycles. The van der Waals surface area contributed by atoms with Gasteiger partial charge in [-0.15, -0.1) is 0 Å².